The molecule has 0 unspecified atom stereocenters. The van der Waals surface area contributed by atoms with Crippen LogP contribution < -0.4 is 0 Å². The van der Waals surface area contributed by atoms with Crippen LogP contribution in [-0.2, 0) is 4.74 Å². The molecule has 0 aromatic rings. The van der Waals surface area contributed by atoms with Crippen LogP contribution in [-0.4, -0.2) is 34.8 Å². The van der Waals surface area contributed by atoms with Crippen molar-refractivity contribution in [2.45, 2.75) is 32.4 Å². The Bertz CT molecular complexity index is 401. The van der Waals surface area contributed by atoms with Crippen molar-refractivity contribution in [1.29, 1.82) is 5.39 Å². The molecule has 92 valence electrons. The maximum absolute atomic E-state index is 11.7. The summed E-state index contributed by atoms with van der Waals surface area (Å²) in [5, 5.41) is 18.3. The van der Waals surface area contributed by atoms with Crippen molar-refractivity contribution >= 4 is 6.09 Å². The molecule has 6 heteroatoms. The van der Waals surface area contributed by atoms with Crippen molar-refractivity contribution in [3.63, 3.8) is 0 Å². The molecular formula is C11H16N3O3+. The van der Waals surface area contributed by atoms with Crippen LogP contribution in [0.3, 0.4) is 0 Å². The number of amides is 1. The summed E-state index contributed by atoms with van der Waals surface area (Å²) in [7, 11) is 0. The summed E-state index contributed by atoms with van der Waals surface area (Å²) in [6, 6.07) is -0.458. The lowest BCUT2D eigenvalue weighted by Gasteiger charge is -2.41. The van der Waals surface area contributed by atoms with Gasteiger partial charge in [0.1, 0.15) is 12.6 Å². The Kier molecular flexibility index (Phi) is 2.92. The molecule has 6 nitrogen and oxygen atoms in total. The van der Waals surface area contributed by atoms with Gasteiger partial charge in [0.2, 0.25) is 11.2 Å². The van der Waals surface area contributed by atoms with E-state index in [-0.39, 0.29) is 17.7 Å². The van der Waals surface area contributed by atoms with Crippen LogP contribution in [0.2, 0.25) is 0 Å². The smallest absolute Gasteiger partial charge is 0.410 e. The topological polar surface area (TPSA) is 77.9 Å². The number of fused-ring (bicyclic) bond motifs is 1. The lowest BCUT2D eigenvalue weighted by molar-refractivity contribution is 0.0636. The summed E-state index contributed by atoms with van der Waals surface area (Å²) >= 11 is 0. The molecule has 0 spiro atoms. The van der Waals surface area contributed by atoms with Crippen LogP contribution >= 0.6 is 0 Å². The summed E-state index contributed by atoms with van der Waals surface area (Å²) < 4.78 is 5.03. The highest BCUT2D eigenvalue weighted by Crippen LogP contribution is 2.38. The highest BCUT2D eigenvalue weighted by Gasteiger charge is 2.49. The fourth-order valence-corrected chi connectivity index (χ4v) is 2.92. The van der Waals surface area contributed by atoms with Crippen LogP contribution in [0, 0.1) is 17.2 Å². The average Bonchev–Trinajstić information content (AvgIpc) is 2.62. The Balaban J connectivity index is 2.33. The maximum Gasteiger partial charge on any atom is 0.410 e. The van der Waals surface area contributed by atoms with E-state index in [0.717, 1.165) is 12.6 Å². The summed E-state index contributed by atoms with van der Waals surface area (Å²) in [6.07, 6.45) is 1.46. The van der Waals surface area contributed by atoms with Gasteiger partial charge in [0.25, 0.3) is 0 Å². The van der Waals surface area contributed by atoms with E-state index in [1.165, 1.54) is 0 Å². The van der Waals surface area contributed by atoms with Gasteiger partial charge in [-0.25, -0.2) is 4.79 Å². The molecule has 0 aromatic heterocycles. The number of cyclic esters (lactones) is 1. The molecule has 0 radical (unpaired) electrons. The van der Waals surface area contributed by atoms with Crippen LogP contribution in [0.5, 0.6) is 0 Å². The van der Waals surface area contributed by atoms with Gasteiger partial charge < -0.3 is 9.84 Å². The molecule has 2 fully saturated rings. The number of diazo groups is 1. The van der Waals surface area contributed by atoms with Gasteiger partial charge in [-0.05, 0) is 18.3 Å². The third-order valence-electron chi connectivity index (χ3n) is 3.68. The molecule has 0 aliphatic carbocycles. The number of hydrogen-bond donors (Lipinski definition) is 1. The Labute approximate surface area is 99.5 Å². The van der Waals surface area contributed by atoms with E-state index < -0.39 is 12.1 Å². The first kappa shape index (κ1) is 11.7. The fourth-order valence-electron chi connectivity index (χ4n) is 2.92. The van der Waals surface area contributed by atoms with Crippen molar-refractivity contribution in [3.05, 3.63) is 16.9 Å². The van der Waals surface area contributed by atoms with Gasteiger partial charge in [0.15, 0.2) is 4.98 Å². The van der Waals surface area contributed by atoms with E-state index in [9.17, 15) is 9.90 Å². The Morgan fingerprint density at radius 1 is 1.59 bits per heavy atom. The predicted octanol–water partition coefficient (Wildman–Crippen LogP) is 2.10. The van der Waals surface area contributed by atoms with E-state index >= 15 is 0 Å². The van der Waals surface area contributed by atoms with Crippen molar-refractivity contribution in [1.82, 2.24) is 4.90 Å². The highest BCUT2D eigenvalue weighted by molar-refractivity contribution is 5.71. The number of aliphatic hydroxyl groups is 1. The van der Waals surface area contributed by atoms with E-state index in [2.05, 4.69) is 11.9 Å². The molecule has 2 aliphatic heterocycles. The number of piperidine rings is 1. The van der Waals surface area contributed by atoms with Crippen LogP contribution in [0.25, 0.3) is 4.98 Å². The zero-order valence-corrected chi connectivity index (χ0v) is 9.91. The molecular weight excluding hydrogens is 222 g/mol. The van der Waals surface area contributed by atoms with E-state index in [1.807, 2.05) is 6.92 Å². The first-order valence-electron chi connectivity index (χ1n) is 5.74. The van der Waals surface area contributed by atoms with Gasteiger partial charge in [-0.1, -0.05) is 13.8 Å². The Morgan fingerprint density at radius 2 is 2.29 bits per heavy atom. The lowest BCUT2D eigenvalue weighted by atomic mass is 9.80. The normalized spacial score (nSPS) is 37.4. The summed E-state index contributed by atoms with van der Waals surface area (Å²) in [6.45, 7) is 4.40. The second-order valence-electron chi connectivity index (χ2n) is 4.86. The van der Waals surface area contributed by atoms with Gasteiger partial charge in [0, 0.05) is 0 Å². The largest absolute Gasteiger partial charge is 0.504 e. The molecule has 2 heterocycles. The summed E-state index contributed by atoms with van der Waals surface area (Å²) in [5.74, 6) is 0.340. The zero-order valence-electron chi connectivity index (χ0n) is 9.91. The van der Waals surface area contributed by atoms with Crippen LogP contribution in [0.1, 0.15) is 20.3 Å². The molecule has 1 amide bonds. The minimum absolute atomic E-state index is 0.00190. The second-order valence-corrected chi connectivity index (χ2v) is 4.86. The van der Waals surface area contributed by atoms with Crippen LogP contribution in [0.4, 0.5) is 4.79 Å². The number of aliphatic hydroxyl groups excluding tert-OH is 1. The SMILES string of the molecule is C[C@@H]1C[C@@H](C)[C@H](/C(O)=C/[N+]#N)N2C(=O)OC[C@@H]12. The number of carbonyl (C=O) groups is 1. The van der Waals surface area contributed by atoms with Gasteiger partial charge in [-0.3, -0.25) is 4.90 Å². The van der Waals surface area contributed by atoms with E-state index in [1.54, 1.807) is 4.90 Å². The van der Waals surface area contributed by atoms with E-state index in [0.29, 0.717) is 12.5 Å². The Morgan fingerprint density at radius 3 is 2.94 bits per heavy atom. The monoisotopic (exact) mass is 238 g/mol. The first-order chi connectivity index (χ1) is 8.06. The quantitative estimate of drug-likeness (QED) is 0.560. The second kappa shape index (κ2) is 4.24. The molecule has 0 saturated carbocycles. The number of rotatable bonds is 1. The minimum Gasteiger partial charge on any atom is -0.504 e. The third kappa shape index (κ3) is 1.82. The van der Waals surface area contributed by atoms with Crippen molar-refractivity contribution in [2.24, 2.45) is 11.8 Å². The van der Waals surface area contributed by atoms with Gasteiger partial charge in [0.05, 0.1) is 6.04 Å². The van der Waals surface area contributed by atoms with E-state index in [4.69, 9.17) is 10.1 Å². The van der Waals surface area contributed by atoms with Gasteiger partial charge in [-0.2, -0.15) is 0 Å². The number of carbonyl (C=O) groups excluding carboxylic acids is 1. The molecule has 2 rings (SSSR count). The van der Waals surface area contributed by atoms with Crippen LogP contribution in [0.15, 0.2) is 12.0 Å². The van der Waals surface area contributed by atoms with Crippen molar-refractivity contribution in [2.75, 3.05) is 6.61 Å². The van der Waals surface area contributed by atoms with Crippen molar-refractivity contribution in [3.8, 4) is 0 Å². The molecule has 1 N–H and O–H groups in total. The molecule has 4 atom stereocenters. The fraction of sp³-hybridized carbons (Fsp3) is 0.727. The summed E-state index contributed by atoms with van der Waals surface area (Å²) in [5.41, 5.74) is 0. The van der Waals surface area contributed by atoms with Gasteiger partial charge in [-0.15, -0.1) is 0 Å². The third-order valence-corrected chi connectivity index (χ3v) is 3.68. The molecule has 0 aromatic carbocycles. The number of ether oxygens (including phenoxy) is 1. The molecule has 2 aliphatic rings. The lowest BCUT2D eigenvalue weighted by Crippen LogP contribution is -2.53. The predicted molar refractivity (Wildman–Crippen MR) is 59.5 cm³/mol. The van der Waals surface area contributed by atoms with Crippen molar-refractivity contribution < 1.29 is 14.6 Å². The minimum atomic E-state index is -0.456. The molecule has 0 bridgehead atoms. The summed E-state index contributed by atoms with van der Waals surface area (Å²) in [4.78, 5) is 16.1. The zero-order chi connectivity index (χ0) is 12.6. The van der Waals surface area contributed by atoms with Gasteiger partial charge >= 0.3 is 12.3 Å². The number of nitrogens with zero attached hydrogens (tertiary/aromatic N) is 3. The highest BCUT2D eigenvalue weighted by atomic mass is 16.6. The molecule has 17 heavy (non-hydrogen) atoms. The standard InChI is InChI=1S/C11H15N3O3/c1-6-3-7(2)10(9(15)4-13-12)14-8(6)5-17-11(14)16/h4,6-8,10H,3,5H2,1-2H3/p+1/b9-4-/t6-,7-,8+,10-/m1/s1. The number of hydrogen-bond acceptors (Lipinski definition) is 4. The first-order valence-corrected chi connectivity index (χ1v) is 5.74. The maximum atomic E-state index is 11.7. The average molecular weight is 238 g/mol. The Hall–Kier alpha value is -1.77. The molecule has 2 saturated heterocycles.